The van der Waals surface area contributed by atoms with Crippen LogP contribution in [0.15, 0.2) is 40.5 Å². The number of nitrogens with zero attached hydrogens (tertiary/aromatic N) is 1. The molecule has 0 unspecified atom stereocenters. The summed E-state index contributed by atoms with van der Waals surface area (Å²) in [6, 6.07) is 5.83. The van der Waals surface area contributed by atoms with Crippen LogP contribution in [0, 0.1) is 12.7 Å². The fourth-order valence-electron chi connectivity index (χ4n) is 2.19. The lowest BCUT2D eigenvalue weighted by atomic mass is 10.1. The first-order valence-corrected chi connectivity index (χ1v) is 7.60. The molecule has 0 fully saturated rings. The number of hydrogen-bond donors (Lipinski definition) is 1. The maximum atomic E-state index is 12.9. The molecule has 0 bridgehead atoms. The normalized spacial score (nSPS) is 11.3. The Balaban J connectivity index is 2.17. The Bertz CT molecular complexity index is 866. The number of allylic oxidation sites excluding steroid dienone is 1. The van der Waals surface area contributed by atoms with E-state index in [0.717, 1.165) is 12.7 Å². The number of aryl methyl sites for hydroxylation is 3. The van der Waals surface area contributed by atoms with E-state index >= 15 is 0 Å². The van der Waals surface area contributed by atoms with E-state index in [1.807, 2.05) is 0 Å². The number of halogens is 1. The molecule has 2 rings (SSSR count). The Morgan fingerprint density at radius 2 is 1.88 bits per heavy atom. The zero-order chi connectivity index (χ0) is 19.3. The van der Waals surface area contributed by atoms with Crippen LogP contribution in [0.5, 0.6) is 0 Å². The zero-order valence-electron chi connectivity index (χ0n) is 14.1. The number of aliphatic hydroxyl groups excluding tert-OH is 1. The maximum absolute atomic E-state index is 12.9. The maximum Gasteiger partial charge on any atom is 0.373 e. The summed E-state index contributed by atoms with van der Waals surface area (Å²) < 4.78 is 22.5. The molecule has 0 saturated heterocycles. The van der Waals surface area contributed by atoms with Gasteiger partial charge in [0, 0.05) is 19.4 Å². The predicted octanol–water partition coefficient (Wildman–Crippen LogP) is 2.27. The van der Waals surface area contributed by atoms with Crippen molar-refractivity contribution in [3.05, 3.63) is 64.8 Å². The summed E-state index contributed by atoms with van der Waals surface area (Å²) in [5.41, 5.74) is 0.622. The van der Waals surface area contributed by atoms with Crippen LogP contribution in [0.1, 0.15) is 27.7 Å². The summed E-state index contributed by atoms with van der Waals surface area (Å²) >= 11 is 0. The number of rotatable bonds is 7. The van der Waals surface area contributed by atoms with Gasteiger partial charge in [0.2, 0.25) is 11.5 Å². The SMILES string of the molecule is COC(=O)/C(O)=C/C(=O)C(=O)c1nc(C)oc1CCc1ccc(F)cc1. The molecule has 1 N–H and O–H groups in total. The first kappa shape index (κ1) is 19.0. The number of aromatic nitrogens is 1. The van der Waals surface area contributed by atoms with E-state index in [1.165, 1.54) is 19.1 Å². The molecule has 0 radical (unpaired) electrons. The fraction of sp³-hybridized carbons (Fsp3) is 0.222. The number of aliphatic hydroxyl groups is 1. The van der Waals surface area contributed by atoms with Gasteiger partial charge in [-0.1, -0.05) is 12.1 Å². The van der Waals surface area contributed by atoms with Crippen LogP contribution in [-0.2, 0) is 27.2 Å². The highest BCUT2D eigenvalue weighted by atomic mass is 19.1. The van der Waals surface area contributed by atoms with Gasteiger partial charge in [-0.2, -0.15) is 0 Å². The summed E-state index contributed by atoms with van der Waals surface area (Å²) in [6.45, 7) is 1.52. The number of benzene rings is 1. The smallest absolute Gasteiger partial charge is 0.373 e. The number of ether oxygens (including phenoxy) is 1. The molecular weight excluding hydrogens is 345 g/mol. The number of carbonyl (C=O) groups excluding carboxylic acids is 3. The van der Waals surface area contributed by atoms with Crippen molar-refractivity contribution in [1.82, 2.24) is 4.98 Å². The van der Waals surface area contributed by atoms with Gasteiger partial charge in [0.1, 0.15) is 11.6 Å². The van der Waals surface area contributed by atoms with Crippen molar-refractivity contribution in [1.29, 1.82) is 0 Å². The summed E-state index contributed by atoms with van der Waals surface area (Å²) in [5, 5.41) is 9.37. The Morgan fingerprint density at radius 3 is 2.50 bits per heavy atom. The molecule has 8 heteroatoms. The van der Waals surface area contributed by atoms with E-state index in [4.69, 9.17) is 4.42 Å². The molecule has 0 spiro atoms. The lowest BCUT2D eigenvalue weighted by Crippen LogP contribution is -2.16. The van der Waals surface area contributed by atoms with Crippen molar-refractivity contribution >= 4 is 17.5 Å². The highest BCUT2D eigenvalue weighted by Gasteiger charge is 2.25. The van der Waals surface area contributed by atoms with E-state index in [1.54, 1.807) is 12.1 Å². The van der Waals surface area contributed by atoms with Gasteiger partial charge in [0.15, 0.2) is 11.6 Å². The largest absolute Gasteiger partial charge is 0.502 e. The van der Waals surface area contributed by atoms with Crippen LogP contribution >= 0.6 is 0 Å². The Kier molecular flexibility index (Phi) is 6.00. The Morgan fingerprint density at radius 1 is 1.23 bits per heavy atom. The van der Waals surface area contributed by atoms with Gasteiger partial charge in [0.05, 0.1) is 7.11 Å². The number of ketones is 2. The van der Waals surface area contributed by atoms with Crippen molar-refractivity contribution in [2.45, 2.75) is 19.8 Å². The molecule has 26 heavy (non-hydrogen) atoms. The van der Waals surface area contributed by atoms with Gasteiger partial charge >= 0.3 is 5.97 Å². The molecule has 7 nitrogen and oxygen atoms in total. The minimum atomic E-state index is -1.14. The first-order chi connectivity index (χ1) is 12.3. The molecular formula is C18H16FNO6. The van der Waals surface area contributed by atoms with Crippen molar-refractivity contribution < 1.29 is 33.0 Å². The molecule has 0 aliphatic rings. The molecule has 1 aromatic heterocycles. The van der Waals surface area contributed by atoms with E-state index in [9.17, 15) is 23.9 Å². The molecule has 1 aromatic carbocycles. The van der Waals surface area contributed by atoms with Gasteiger partial charge in [-0.05, 0) is 24.1 Å². The fourth-order valence-corrected chi connectivity index (χ4v) is 2.19. The van der Waals surface area contributed by atoms with E-state index in [-0.39, 0.29) is 29.6 Å². The van der Waals surface area contributed by atoms with Gasteiger partial charge in [-0.25, -0.2) is 14.2 Å². The number of Topliss-reactive ketones (excluding diaryl/α,β-unsaturated/α-hetero) is 1. The molecule has 0 aliphatic heterocycles. The molecule has 136 valence electrons. The average Bonchev–Trinajstić information content (AvgIpc) is 3.00. The standard InChI is InChI=1S/C18H16FNO6/c1-10-20-16(17(23)13(21)9-14(22)18(24)25-2)15(26-10)8-5-11-3-6-12(19)7-4-11/h3-4,6-7,9,22H,5,8H2,1-2H3/b14-9-. The number of hydrogen-bond acceptors (Lipinski definition) is 7. The van der Waals surface area contributed by atoms with Crippen molar-refractivity contribution in [3.63, 3.8) is 0 Å². The topological polar surface area (TPSA) is 107 Å². The van der Waals surface area contributed by atoms with Gasteiger partial charge < -0.3 is 14.3 Å². The highest BCUT2D eigenvalue weighted by molar-refractivity contribution is 6.47. The lowest BCUT2D eigenvalue weighted by Gasteiger charge is -2.01. The number of oxazole rings is 1. The Labute approximate surface area is 148 Å². The third-order valence-electron chi connectivity index (χ3n) is 3.46. The monoisotopic (exact) mass is 361 g/mol. The van der Waals surface area contributed by atoms with Crippen LogP contribution in [-0.4, -0.2) is 34.7 Å². The average molecular weight is 361 g/mol. The zero-order valence-corrected chi connectivity index (χ0v) is 14.1. The third-order valence-corrected chi connectivity index (χ3v) is 3.46. The molecule has 2 aromatic rings. The van der Waals surface area contributed by atoms with Crippen molar-refractivity contribution in [2.24, 2.45) is 0 Å². The summed E-state index contributed by atoms with van der Waals surface area (Å²) in [6.07, 6.45) is 1.17. The van der Waals surface area contributed by atoms with Gasteiger partial charge in [-0.15, -0.1) is 0 Å². The second-order valence-corrected chi connectivity index (χ2v) is 5.35. The molecule has 0 amide bonds. The van der Waals surface area contributed by atoms with E-state index in [2.05, 4.69) is 9.72 Å². The van der Waals surface area contributed by atoms with Crippen LogP contribution in [0.3, 0.4) is 0 Å². The third kappa shape index (κ3) is 4.62. The second kappa shape index (κ2) is 8.19. The number of carbonyl (C=O) groups is 3. The second-order valence-electron chi connectivity index (χ2n) is 5.35. The minimum absolute atomic E-state index is 0.191. The lowest BCUT2D eigenvalue weighted by molar-refractivity contribution is -0.139. The van der Waals surface area contributed by atoms with Crippen LogP contribution < -0.4 is 0 Å². The summed E-state index contributed by atoms with van der Waals surface area (Å²) in [5.74, 6) is -4.26. The van der Waals surface area contributed by atoms with Gasteiger partial charge in [0.25, 0.3) is 5.78 Å². The molecule has 0 aliphatic carbocycles. The van der Waals surface area contributed by atoms with E-state index in [0.29, 0.717) is 12.5 Å². The molecule has 0 saturated carbocycles. The highest BCUT2D eigenvalue weighted by Crippen LogP contribution is 2.16. The van der Waals surface area contributed by atoms with Crippen LogP contribution in [0.4, 0.5) is 4.39 Å². The summed E-state index contributed by atoms with van der Waals surface area (Å²) in [7, 11) is 1.02. The van der Waals surface area contributed by atoms with Gasteiger partial charge in [-0.3, -0.25) is 9.59 Å². The van der Waals surface area contributed by atoms with E-state index < -0.39 is 23.3 Å². The Hall–Kier alpha value is -3.29. The molecule has 0 atom stereocenters. The van der Waals surface area contributed by atoms with Crippen molar-refractivity contribution in [2.75, 3.05) is 7.11 Å². The van der Waals surface area contributed by atoms with Crippen molar-refractivity contribution in [3.8, 4) is 0 Å². The van der Waals surface area contributed by atoms with Crippen LogP contribution in [0.2, 0.25) is 0 Å². The molecule has 1 heterocycles. The summed E-state index contributed by atoms with van der Waals surface area (Å²) in [4.78, 5) is 39.2. The number of esters is 1. The minimum Gasteiger partial charge on any atom is -0.502 e. The number of methoxy groups -OCH3 is 1. The van der Waals surface area contributed by atoms with Crippen LogP contribution in [0.25, 0.3) is 0 Å². The quantitative estimate of drug-likeness (QED) is 0.265. The predicted molar refractivity (Wildman–Crippen MR) is 87.1 cm³/mol. The first-order valence-electron chi connectivity index (χ1n) is 7.60.